The molecule has 0 saturated carbocycles. The molecule has 2 aromatic carbocycles. The molecule has 0 unspecified atom stereocenters. The maximum absolute atomic E-state index is 9.49. The van der Waals surface area contributed by atoms with Crippen molar-refractivity contribution in [1.29, 1.82) is 0 Å². The summed E-state index contributed by atoms with van der Waals surface area (Å²) in [5.74, 6) is 0.761. The summed E-state index contributed by atoms with van der Waals surface area (Å²) in [6, 6.07) is 15.8. The number of aliphatic hydroxyl groups is 1. The van der Waals surface area contributed by atoms with Gasteiger partial charge in [-0.2, -0.15) is 0 Å². The molecular weight excluding hydrogens is 298 g/mol. The number of nitrogens with zero attached hydrogens (tertiary/aromatic N) is 2. The molecule has 1 atom stereocenters. The van der Waals surface area contributed by atoms with E-state index in [-0.39, 0.29) is 0 Å². The number of aliphatic hydroxyl groups excluding tert-OH is 1. The van der Waals surface area contributed by atoms with Crippen molar-refractivity contribution in [1.82, 2.24) is 9.55 Å². The predicted molar refractivity (Wildman–Crippen MR) is 90.5 cm³/mol. The van der Waals surface area contributed by atoms with Crippen LogP contribution < -0.4 is 5.32 Å². The summed E-state index contributed by atoms with van der Waals surface area (Å²) in [4.78, 5) is 4.61. The molecule has 0 bridgehead atoms. The van der Waals surface area contributed by atoms with Crippen LogP contribution in [-0.2, 0) is 6.54 Å². The second-order valence-corrected chi connectivity index (χ2v) is 5.80. The second kappa shape index (κ2) is 6.38. The van der Waals surface area contributed by atoms with Crippen LogP contribution in [0.4, 0.5) is 5.95 Å². The molecule has 0 radical (unpaired) electrons. The molecule has 1 aromatic heterocycles. The average Bonchev–Trinajstić information content (AvgIpc) is 2.85. The molecule has 0 aliphatic rings. The first-order chi connectivity index (χ1) is 10.6. The Morgan fingerprint density at radius 1 is 1.18 bits per heavy atom. The highest BCUT2D eigenvalue weighted by Gasteiger charge is 2.11. The molecule has 0 fully saturated rings. The Kier molecular flexibility index (Phi) is 4.32. The number of anilines is 1. The minimum absolute atomic E-state index is 0.427. The molecule has 1 heterocycles. The van der Waals surface area contributed by atoms with E-state index in [2.05, 4.69) is 14.9 Å². The van der Waals surface area contributed by atoms with Gasteiger partial charge in [0.15, 0.2) is 0 Å². The number of hydrogen-bond acceptors (Lipinski definition) is 3. The summed E-state index contributed by atoms with van der Waals surface area (Å²) in [7, 11) is 0. The number of aromatic nitrogens is 2. The molecule has 3 rings (SSSR count). The average molecular weight is 316 g/mol. The Hall–Kier alpha value is -2.04. The summed E-state index contributed by atoms with van der Waals surface area (Å²) in [6.45, 7) is 2.91. The van der Waals surface area contributed by atoms with E-state index in [4.69, 9.17) is 11.6 Å². The number of benzene rings is 2. The van der Waals surface area contributed by atoms with Crippen LogP contribution in [0, 0.1) is 0 Å². The van der Waals surface area contributed by atoms with Gasteiger partial charge >= 0.3 is 0 Å². The predicted octanol–water partition coefficient (Wildman–Crippen LogP) is 3.53. The Bertz CT molecular complexity index is 765. The van der Waals surface area contributed by atoms with Crippen molar-refractivity contribution in [2.75, 3.05) is 11.9 Å². The Morgan fingerprint density at radius 3 is 2.64 bits per heavy atom. The molecule has 2 N–H and O–H groups in total. The molecule has 0 aliphatic carbocycles. The molecule has 0 spiro atoms. The van der Waals surface area contributed by atoms with Gasteiger partial charge < -0.3 is 15.0 Å². The molecular formula is C17H18ClN3O. The smallest absolute Gasteiger partial charge is 0.204 e. The van der Waals surface area contributed by atoms with Crippen molar-refractivity contribution in [2.45, 2.75) is 19.6 Å². The van der Waals surface area contributed by atoms with Gasteiger partial charge in [0.05, 0.1) is 23.7 Å². The zero-order valence-corrected chi connectivity index (χ0v) is 13.1. The van der Waals surface area contributed by atoms with Gasteiger partial charge in [0.25, 0.3) is 0 Å². The summed E-state index contributed by atoms with van der Waals surface area (Å²) >= 11 is 5.95. The molecule has 114 valence electrons. The number of imidazole rings is 1. The lowest BCUT2D eigenvalue weighted by Gasteiger charge is -2.12. The first-order valence-corrected chi connectivity index (χ1v) is 7.63. The largest absolute Gasteiger partial charge is 0.392 e. The van der Waals surface area contributed by atoms with Crippen LogP contribution in [0.2, 0.25) is 5.02 Å². The number of rotatable bonds is 5. The van der Waals surface area contributed by atoms with E-state index in [1.165, 1.54) is 0 Å². The standard InChI is InChI=1S/C17H18ClN3O/c1-12(22)10-19-17-20-15-4-2-3-5-16(15)21(17)11-13-6-8-14(18)9-7-13/h2-9,12,22H,10-11H2,1H3,(H,19,20)/t12-/m1/s1. The number of hydrogen-bond donors (Lipinski definition) is 2. The summed E-state index contributed by atoms with van der Waals surface area (Å²) in [5.41, 5.74) is 3.14. The van der Waals surface area contributed by atoms with Crippen molar-refractivity contribution < 1.29 is 5.11 Å². The van der Waals surface area contributed by atoms with E-state index in [9.17, 15) is 5.11 Å². The Labute approximate surface area is 134 Å². The highest BCUT2D eigenvalue weighted by Crippen LogP contribution is 2.21. The molecule has 0 amide bonds. The zero-order valence-electron chi connectivity index (χ0n) is 12.3. The van der Waals surface area contributed by atoms with Gasteiger partial charge in [0, 0.05) is 11.6 Å². The highest BCUT2D eigenvalue weighted by atomic mass is 35.5. The van der Waals surface area contributed by atoms with Crippen molar-refractivity contribution in [2.24, 2.45) is 0 Å². The molecule has 0 saturated heterocycles. The van der Waals surface area contributed by atoms with Crippen LogP contribution in [0.3, 0.4) is 0 Å². The third-order valence-corrected chi connectivity index (χ3v) is 3.72. The van der Waals surface area contributed by atoms with Crippen LogP contribution in [0.25, 0.3) is 11.0 Å². The fraction of sp³-hybridized carbons (Fsp3) is 0.235. The fourth-order valence-electron chi connectivity index (χ4n) is 2.38. The first-order valence-electron chi connectivity index (χ1n) is 7.25. The maximum atomic E-state index is 9.49. The number of halogens is 1. The van der Waals surface area contributed by atoms with Gasteiger partial charge in [0.2, 0.25) is 5.95 Å². The van der Waals surface area contributed by atoms with Crippen molar-refractivity contribution in [3.8, 4) is 0 Å². The second-order valence-electron chi connectivity index (χ2n) is 5.37. The maximum Gasteiger partial charge on any atom is 0.204 e. The van der Waals surface area contributed by atoms with Crippen LogP contribution in [0.15, 0.2) is 48.5 Å². The topological polar surface area (TPSA) is 50.1 Å². The number of para-hydroxylation sites is 2. The van der Waals surface area contributed by atoms with Gasteiger partial charge in [-0.1, -0.05) is 35.9 Å². The fourth-order valence-corrected chi connectivity index (χ4v) is 2.51. The lowest BCUT2D eigenvalue weighted by atomic mass is 10.2. The zero-order chi connectivity index (χ0) is 15.5. The van der Waals surface area contributed by atoms with E-state index < -0.39 is 6.10 Å². The van der Waals surface area contributed by atoms with Gasteiger partial charge in [-0.3, -0.25) is 0 Å². The molecule has 3 aromatic rings. The van der Waals surface area contributed by atoms with Gasteiger partial charge in [-0.25, -0.2) is 4.98 Å². The third-order valence-electron chi connectivity index (χ3n) is 3.46. The Balaban J connectivity index is 1.97. The van der Waals surface area contributed by atoms with E-state index >= 15 is 0 Å². The van der Waals surface area contributed by atoms with Gasteiger partial charge in [0.1, 0.15) is 0 Å². The molecule has 5 heteroatoms. The number of fused-ring (bicyclic) bond motifs is 1. The SMILES string of the molecule is C[C@@H](O)CNc1nc2ccccc2n1Cc1ccc(Cl)cc1. The summed E-state index contributed by atoms with van der Waals surface area (Å²) in [6.07, 6.45) is -0.427. The van der Waals surface area contributed by atoms with E-state index in [1.54, 1.807) is 6.92 Å². The summed E-state index contributed by atoms with van der Waals surface area (Å²) < 4.78 is 2.11. The van der Waals surface area contributed by atoms with Crippen molar-refractivity contribution >= 4 is 28.6 Å². The van der Waals surface area contributed by atoms with Crippen LogP contribution >= 0.6 is 11.6 Å². The monoisotopic (exact) mass is 315 g/mol. The minimum Gasteiger partial charge on any atom is -0.392 e. The van der Waals surface area contributed by atoms with Crippen molar-refractivity contribution in [3.05, 3.63) is 59.1 Å². The normalized spacial score (nSPS) is 12.5. The highest BCUT2D eigenvalue weighted by molar-refractivity contribution is 6.30. The molecule has 22 heavy (non-hydrogen) atoms. The van der Waals surface area contributed by atoms with Crippen LogP contribution in [-0.4, -0.2) is 27.3 Å². The van der Waals surface area contributed by atoms with E-state index in [0.29, 0.717) is 13.1 Å². The summed E-state index contributed by atoms with van der Waals surface area (Å²) in [5, 5.41) is 13.4. The van der Waals surface area contributed by atoms with E-state index in [0.717, 1.165) is 27.6 Å². The molecule has 4 nitrogen and oxygen atoms in total. The minimum atomic E-state index is -0.427. The van der Waals surface area contributed by atoms with E-state index in [1.807, 2.05) is 48.5 Å². The quantitative estimate of drug-likeness (QED) is 0.757. The van der Waals surface area contributed by atoms with Crippen LogP contribution in [0.1, 0.15) is 12.5 Å². The third kappa shape index (κ3) is 3.24. The van der Waals surface area contributed by atoms with Crippen LogP contribution in [0.5, 0.6) is 0 Å². The van der Waals surface area contributed by atoms with Gasteiger partial charge in [-0.15, -0.1) is 0 Å². The molecule has 0 aliphatic heterocycles. The lowest BCUT2D eigenvalue weighted by molar-refractivity contribution is 0.208. The lowest BCUT2D eigenvalue weighted by Crippen LogP contribution is -2.18. The number of nitrogens with one attached hydrogen (secondary N) is 1. The van der Waals surface area contributed by atoms with Gasteiger partial charge in [-0.05, 0) is 36.8 Å². The Morgan fingerprint density at radius 2 is 1.91 bits per heavy atom. The van der Waals surface area contributed by atoms with Crippen molar-refractivity contribution in [3.63, 3.8) is 0 Å². The first kappa shape index (κ1) is 14.9.